The van der Waals surface area contributed by atoms with E-state index in [9.17, 15) is 0 Å². The third kappa shape index (κ3) is 2.83. The van der Waals surface area contributed by atoms with E-state index >= 15 is 0 Å². The van der Waals surface area contributed by atoms with Crippen LogP contribution < -0.4 is 5.32 Å². The second kappa shape index (κ2) is 5.52. The van der Waals surface area contributed by atoms with Crippen molar-refractivity contribution in [3.05, 3.63) is 22.7 Å². The van der Waals surface area contributed by atoms with Gasteiger partial charge in [0.25, 0.3) is 0 Å². The molecule has 1 fully saturated rings. The zero-order valence-corrected chi connectivity index (χ0v) is 12.1. The molecule has 18 heavy (non-hydrogen) atoms. The minimum atomic E-state index is 0.123. The number of ether oxygens (including phenoxy) is 2. The molecule has 6 heteroatoms. The maximum atomic E-state index is 5.57. The summed E-state index contributed by atoms with van der Waals surface area (Å²) in [5, 5.41) is 4.24. The third-order valence-electron chi connectivity index (χ3n) is 2.72. The first-order valence-corrected chi connectivity index (χ1v) is 7.41. The van der Waals surface area contributed by atoms with Crippen molar-refractivity contribution in [2.45, 2.75) is 6.10 Å². The average Bonchev–Trinajstić information content (AvgIpc) is 2.79. The van der Waals surface area contributed by atoms with Crippen molar-refractivity contribution in [3.63, 3.8) is 0 Å². The van der Waals surface area contributed by atoms with Gasteiger partial charge in [-0.05, 0) is 18.2 Å². The van der Waals surface area contributed by atoms with Crippen LogP contribution >= 0.6 is 27.3 Å². The van der Waals surface area contributed by atoms with Crippen LogP contribution in [-0.4, -0.2) is 37.5 Å². The lowest BCUT2D eigenvalue weighted by Gasteiger charge is -2.22. The maximum Gasteiger partial charge on any atom is 0.183 e. The number of anilines is 1. The van der Waals surface area contributed by atoms with Gasteiger partial charge < -0.3 is 14.8 Å². The molecule has 1 unspecified atom stereocenters. The average molecular weight is 329 g/mol. The van der Waals surface area contributed by atoms with Crippen molar-refractivity contribution in [3.8, 4) is 0 Å². The van der Waals surface area contributed by atoms with Gasteiger partial charge in [-0.1, -0.05) is 27.3 Å². The summed E-state index contributed by atoms with van der Waals surface area (Å²) in [6, 6.07) is 6.10. The van der Waals surface area contributed by atoms with E-state index < -0.39 is 0 Å². The highest BCUT2D eigenvalue weighted by Crippen LogP contribution is 2.28. The van der Waals surface area contributed by atoms with Gasteiger partial charge in [0.05, 0.1) is 36.1 Å². The monoisotopic (exact) mass is 328 g/mol. The van der Waals surface area contributed by atoms with Crippen LogP contribution in [0.15, 0.2) is 22.7 Å². The Morgan fingerprint density at radius 2 is 2.39 bits per heavy atom. The summed E-state index contributed by atoms with van der Waals surface area (Å²) in [4.78, 5) is 4.53. The van der Waals surface area contributed by atoms with E-state index in [-0.39, 0.29) is 6.10 Å². The zero-order chi connectivity index (χ0) is 12.4. The zero-order valence-electron chi connectivity index (χ0n) is 9.69. The summed E-state index contributed by atoms with van der Waals surface area (Å²) in [5.74, 6) is 0. The van der Waals surface area contributed by atoms with E-state index in [0.29, 0.717) is 19.8 Å². The lowest BCUT2D eigenvalue weighted by molar-refractivity contribution is -0.0818. The summed E-state index contributed by atoms with van der Waals surface area (Å²) in [5.41, 5.74) is 1.02. The summed E-state index contributed by atoms with van der Waals surface area (Å²) in [6.07, 6.45) is 0.123. The molecule has 4 nitrogen and oxygen atoms in total. The highest BCUT2D eigenvalue weighted by molar-refractivity contribution is 9.10. The van der Waals surface area contributed by atoms with Crippen molar-refractivity contribution in [2.24, 2.45) is 0 Å². The van der Waals surface area contributed by atoms with Gasteiger partial charge in [0, 0.05) is 11.0 Å². The second-order valence-electron chi connectivity index (χ2n) is 4.08. The van der Waals surface area contributed by atoms with E-state index in [2.05, 4.69) is 32.3 Å². The van der Waals surface area contributed by atoms with E-state index in [1.54, 1.807) is 11.3 Å². The lowest BCUT2D eigenvalue weighted by Crippen LogP contribution is -2.34. The minimum Gasteiger partial charge on any atom is -0.376 e. The Kier molecular flexibility index (Phi) is 3.79. The van der Waals surface area contributed by atoms with Crippen molar-refractivity contribution < 1.29 is 9.47 Å². The Morgan fingerprint density at radius 1 is 1.44 bits per heavy atom. The van der Waals surface area contributed by atoms with Gasteiger partial charge in [0.2, 0.25) is 0 Å². The number of hydrogen-bond donors (Lipinski definition) is 1. The smallest absolute Gasteiger partial charge is 0.183 e. The molecule has 2 heterocycles. The molecule has 0 amide bonds. The molecule has 3 rings (SSSR count). The molecule has 1 atom stereocenters. The first-order valence-electron chi connectivity index (χ1n) is 5.80. The summed E-state index contributed by atoms with van der Waals surface area (Å²) < 4.78 is 13.2. The van der Waals surface area contributed by atoms with E-state index in [4.69, 9.17) is 9.47 Å². The highest BCUT2D eigenvalue weighted by Gasteiger charge is 2.14. The topological polar surface area (TPSA) is 43.4 Å². The molecule has 1 N–H and O–H groups in total. The molecule has 0 bridgehead atoms. The number of benzene rings is 1. The van der Waals surface area contributed by atoms with Crippen molar-refractivity contribution >= 4 is 42.6 Å². The molecule has 1 aromatic heterocycles. The van der Waals surface area contributed by atoms with Crippen LogP contribution in [0.25, 0.3) is 10.2 Å². The van der Waals surface area contributed by atoms with Crippen LogP contribution in [0.5, 0.6) is 0 Å². The Labute approximate surface area is 117 Å². The van der Waals surface area contributed by atoms with Crippen molar-refractivity contribution in [1.29, 1.82) is 0 Å². The first kappa shape index (κ1) is 12.3. The van der Waals surface area contributed by atoms with Gasteiger partial charge >= 0.3 is 0 Å². The molecule has 0 radical (unpaired) electrons. The molecule has 1 aliphatic heterocycles. The fraction of sp³-hybridized carbons (Fsp3) is 0.417. The Bertz CT molecular complexity index is 540. The van der Waals surface area contributed by atoms with Gasteiger partial charge in [-0.2, -0.15) is 0 Å². The predicted molar refractivity (Wildman–Crippen MR) is 76.4 cm³/mol. The third-order valence-corrected chi connectivity index (χ3v) is 4.19. The van der Waals surface area contributed by atoms with Crippen LogP contribution in [0, 0.1) is 0 Å². The quantitative estimate of drug-likeness (QED) is 0.940. The van der Waals surface area contributed by atoms with Crippen molar-refractivity contribution in [1.82, 2.24) is 4.98 Å². The van der Waals surface area contributed by atoms with Gasteiger partial charge in [-0.25, -0.2) is 4.98 Å². The predicted octanol–water partition coefficient (Wildman–Crippen LogP) is 2.89. The number of nitrogens with one attached hydrogen (secondary N) is 1. The first-order chi connectivity index (χ1) is 8.81. The highest BCUT2D eigenvalue weighted by atomic mass is 79.9. The van der Waals surface area contributed by atoms with Crippen LogP contribution in [-0.2, 0) is 9.47 Å². The molecule has 1 aliphatic rings. The van der Waals surface area contributed by atoms with Gasteiger partial charge in [-0.15, -0.1) is 0 Å². The fourth-order valence-corrected chi connectivity index (χ4v) is 3.25. The number of rotatable bonds is 3. The number of fused-ring (bicyclic) bond motifs is 1. The van der Waals surface area contributed by atoms with E-state index in [1.807, 2.05) is 12.1 Å². The summed E-state index contributed by atoms with van der Waals surface area (Å²) in [7, 11) is 0. The molecule has 1 aromatic carbocycles. The standard InChI is InChI=1S/C12H13BrN2O2S/c13-8-1-2-10-11(5-8)18-12(15-10)14-6-9-7-16-3-4-17-9/h1-2,5,9H,3-4,6-7H2,(H,14,15). The van der Waals surface area contributed by atoms with Crippen LogP contribution in [0.1, 0.15) is 0 Å². The molecule has 0 aliphatic carbocycles. The number of thiazole rings is 1. The Morgan fingerprint density at radius 3 is 3.22 bits per heavy atom. The number of halogens is 1. The SMILES string of the molecule is Brc1ccc2nc(NCC3COCCO3)sc2c1. The second-order valence-corrected chi connectivity index (χ2v) is 6.03. The van der Waals surface area contributed by atoms with Crippen LogP contribution in [0.4, 0.5) is 5.13 Å². The minimum absolute atomic E-state index is 0.123. The largest absolute Gasteiger partial charge is 0.376 e. The lowest BCUT2D eigenvalue weighted by atomic mass is 10.3. The summed E-state index contributed by atoms with van der Waals surface area (Å²) >= 11 is 5.12. The molecule has 1 saturated heterocycles. The van der Waals surface area contributed by atoms with E-state index in [0.717, 1.165) is 21.7 Å². The van der Waals surface area contributed by atoms with Gasteiger partial charge in [0.1, 0.15) is 0 Å². The van der Waals surface area contributed by atoms with Gasteiger partial charge in [-0.3, -0.25) is 0 Å². The Balaban J connectivity index is 1.67. The number of nitrogens with zero attached hydrogens (tertiary/aromatic N) is 1. The molecular weight excluding hydrogens is 316 g/mol. The molecule has 0 saturated carbocycles. The van der Waals surface area contributed by atoms with Gasteiger partial charge in [0.15, 0.2) is 5.13 Å². The van der Waals surface area contributed by atoms with Crippen LogP contribution in [0.2, 0.25) is 0 Å². The van der Waals surface area contributed by atoms with E-state index in [1.165, 1.54) is 4.70 Å². The van der Waals surface area contributed by atoms with Crippen LogP contribution in [0.3, 0.4) is 0 Å². The summed E-state index contributed by atoms with van der Waals surface area (Å²) in [6.45, 7) is 2.77. The maximum absolute atomic E-state index is 5.57. The van der Waals surface area contributed by atoms with Crippen molar-refractivity contribution in [2.75, 3.05) is 31.7 Å². The molecule has 0 spiro atoms. The molecular formula is C12H13BrN2O2S. The number of hydrogen-bond acceptors (Lipinski definition) is 5. The molecule has 2 aromatic rings. The normalized spacial score (nSPS) is 20.2. The molecule has 96 valence electrons. The fourth-order valence-electron chi connectivity index (χ4n) is 1.83. The number of aromatic nitrogens is 1. The Hall–Kier alpha value is -0.690.